The summed E-state index contributed by atoms with van der Waals surface area (Å²) in [5.41, 5.74) is 2.11. The maximum Gasteiger partial charge on any atom is 0.287 e. The molecule has 0 unspecified atom stereocenters. The van der Waals surface area contributed by atoms with Crippen molar-refractivity contribution in [2.24, 2.45) is 0 Å². The predicted molar refractivity (Wildman–Crippen MR) is 108 cm³/mol. The van der Waals surface area contributed by atoms with Crippen molar-refractivity contribution in [1.82, 2.24) is 9.97 Å². The Morgan fingerprint density at radius 2 is 2.07 bits per heavy atom. The van der Waals surface area contributed by atoms with Gasteiger partial charge in [-0.05, 0) is 18.9 Å². The number of methoxy groups -OCH3 is 1. The van der Waals surface area contributed by atoms with E-state index in [2.05, 4.69) is 15.3 Å². The highest BCUT2D eigenvalue weighted by molar-refractivity contribution is 5.89. The Morgan fingerprint density at radius 3 is 2.70 bits per heavy atom. The number of carbonyl (C=O) groups is 1. The van der Waals surface area contributed by atoms with Crippen LogP contribution < -0.4 is 15.0 Å². The Labute approximate surface area is 173 Å². The maximum atomic E-state index is 14.1. The zero-order valence-electron chi connectivity index (χ0n) is 17.2. The van der Waals surface area contributed by atoms with Crippen LogP contribution in [0.15, 0.2) is 24.4 Å². The molecule has 0 radical (unpaired) electrons. The molecule has 1 aliphatic carbocycles. The summed E-state index contributed by atoms with van der Waals surface area (Å²) in [6.07, 6.45) is 3.80. The van der Waals surface area contributed by atoms with Gasteiger partial charge in [-0.15, -0.1) is 0 Å². The fraction of sp³-hybridized carbons (Fsp3) is 0.476. The summed E-state index contributed by atoms with van der Waals surface area (Å²) in [7, 11) is 1.54. The van der Waals surface area contributed by atoms with E-state index in [1.54, 1.807) is 18.3 Å². The van der Waals surface area contributed by atoms with Gasteiger partial charge >= 0.3 is 0 Å². The molecule has 1 N–H and O–H groups in total. The molecule has 7 nitrogen and oxygen atoms in total. The highest BCUT2D eigenvalue weighted by Gasteiger charge is 2.52. The first-order valence-corrected chi connectivity index (χ1v) is 9.80. The monoisotopic (exact) mass is 418 g/mol. The molecule has 2 aromatic heterocycles. The molecule has 0 atom stereocenters. The molecule has 1 spiro atoms. The highest BCUT2D eigenvalue weighted by Crippen LogP contribution is 2.58. The number of halogens is 2. The van der Waals surface area contributed by atoms with Gasteiger partial charge in [-0.3, -0.25) is 4.79 Å². The molecule has 1 amide bonds. The van der Waals surface area contributed by atoms with Gasteiger partial charge in [0.2, 0.25) is 11.8 Å². The lowest BCUT2D eigenvalue weighted by molar-refractivity contribution is -0.114. The maximum absolute atomic E-state index is 14.1. The van der Waals surface area contributed by atoms with E-state index in [1.165, 1.54) is 20.1 Å². The Balaban J connectivity index is 1.75. The second kappa shape index (κ2) is 7.46. The van der Waals surface area contributed by atoms with E-state index in [-0.39, 0.29) is 29.5 Å². The van der Waals surface area contributed by atoms with Crippen molar-refractivity contribution in [1.29, 1.82) is 0 Å². The van der Waals surface area contributed by atoms with Crippen molar-refractivity contribution in [3.8, 4) is 5.88 Å². The molecule has 2 aromatic rings. The van der Waals surface area contributed by atoms with E-state index in [9.17, 15) is 13.6 Å². The van der Waals surface area contributed by atoms with Crippen molar-refractivity contribution in [3.05, 3.63) is 35.7 Å². The fourth-order valence-corrected chi connectivity index (χ4v) is 3.78. The first kappa shape index (κ1) is 20.5. The molecule has 1 aliphatic heterocycles. The lowest BCUT2D eigenvalue weighted by Gasteiger charge is -2.23. The molecule has 2 aliphatic rings. The lowest BCUT2D eigenvalue weighted by Crippen LogP contribution is -2.21. The van der Waals surface area contributed by atoms with Gasteiger partial charge in [-0.2, -0.15) is 8.78 Å². The van der Waals surface area contributed by atoms with E-state index in [0.29, 0.717) is 24.7 Å². The van der Waals surface area contributed by atoms with Crippen LogP contribution in [0, 0.1) is 0 Å². The van der Waals surface area contributed by atoms with Gasteiger partial charge in [0.1, 0.15) is 18.1 Å². The number of anilines is 3. The average molecular weight is 418 g/mol. The van der Waals surface area contributed by atoms with Crippen LogP contribution in [0.25, 0.3) is 0 Å². The molecule has 30 heavy (non-hydrogen) atoms. The zero-order chi connectivity index (χ0) is 21.5. The molecular weight excluding hydrogens is 394 g/mol. The smallest absolute Gasteiger partial charge is 0.287 e. The number of hydrogen-bond donors (Lipinski definition) is 1. The van der Waals surface area contributed by atoms with Gasteiger partial charge in [0, 0.05) is 62.5 Å². The lowest BCUT2D eigenvalue weighted by atomic mass is 10.0. The van der Waals surface area contributed by atoms with Gasteiger partial charge in [0.05, 0.1) is 12.3 Å². The first-order chi connectivity index (χ1) is 14.2. The van der Waals surface area contributed by atoms with Crippen LogP contribution in [0.2, 0.25) is 0 Å². The summed E-state index contributed by atoms with van der Waals surface area (Å²) in [5.74, 6) is -2.79. The Morgan fingerprint density at radius 1 is 1.30 bits per heavy atom. The second-order valence-corrected chi connectivity index (χ2v) is 7.91. The van der Waals surface area contributed by atoms with Crippen molar-refractivity contribution in [2.75, 3.05) is 37.1 Å². The number of rotatable bonds is 7. The minimum absolute atomic E-state index is 0.0215. The minimum atomic E-state index is -3.12. The van der Waals surface area contributed by atoms with E-state index in [0.717, 1.165) is 31.0 Å². The topological polar surface area (TPSA) is 76.6 Å². The molecule has 3 heterocycles. The van der Waals surface area contributed by atoms with Gasteiger partial charge in [0.25, 0.3) is 5.92 Å². The van der Waals surface area contributed by atoms with Gasteiger partial charge in [-0.25, -0.2) is 9.97 Å². The molecule has 0 saturated heterocycles. The average Bonchev–Trinajstić information content (AvgIpc) is 3.38. The minimum Gasteiger partial charge on any atom is -0.475 e. The molecule has 160 valence electrons. The van der Waals surface area contributed by atoms with Crippen LogP contribution in [-0.2, 0) is 20.9 Å². The number of carbonyl (C=O) groups excluding carboxylic acids is 1. The van der Waals surface area contributed by atoms with E-state index >= 15 is 0 Å². The Hall–Kier alpha value is -2.81. The molecule has 4 rings (SSSR count). The van der Waals surface area contributed by atoms with Crippen LogP contribution in [0.4, 0.5) is 26.0 Å². The summed E-state index contributed by atoms with van der Waals surface area (Å²) in [5, 5.41) is 2.69. The first-order valence-electron chi connectivity index (χ1n) is 9.80. The van der Waals surface area contributed by atoms with Gasteiger partial charge in [0.15, 0.2) is 0 Å². The number of amides is 1. The number of ether oxygens (including phenoxy) is 2. The van der Waals surface area contributed by atoms with Crippen LogP contribution in [-0.4, -0.2) is 42.7 Å². The zero-order valence-corrected chi connectivity index (χ0v) is 17.2. The van der Waals surface area contributed by atoms with Crippen molar-refractivity contribution >= 4 is 23.1 Å². The summed E-state index contributed by atoms with van der Waals surface area (Å²) >= 11 is 0. The van der Waals surface area contributed by atoms with Crippen molar-refractivity contribution in [2.45, 2.75) is 38.0 Å². The van der Waals surface area contributed by atoms with E-state index < -0.39 is 5.92 Å². The van der Waals surface area contributed by atoms with E-state index in [1.807, 2.05) is 4.90 Å². The number of alkyl halides is 2. The van der Waals surface area contributed by atoms with Crippen LogP contribution in [0.3, 0.4) is 0 Å². The van der Waals surface area contributed by atoms with Crippen molar-refractivity contribution in [3.63, 3.8) is 0 Å². The molecular formula is C21H24F2N4O3. The second-order valence-electron chi connectivity index (χ2n) is 7.91. The third kappa shape index (κ3) is 3.94. The number of nitrogens with zero attached hydrogens (tertiary/aromatic N) is 3. The molecule has 0 bridgehead atoms. The summed E-state index contributed by atoms with van der Waals surface area (Å²) in [6, 6.07) is 4.85. The van der Waals surface area contributed by atoms with Crippen molar-refractivity contribution < 1.29 is 23.0 Å². The Kier molecular flexibility index (Phi) is 5.09. The normalized spacial score (nSPS) is 16.5. The fourth-order valence-electron chi connectivity index (χ4n) is 3.78. The van der Waals surface area contributed by atoms with Gasteiger partial charge in [-0.1, -0.05) is 0 Å². The largest absolute Gasteiger partial charge is 0.475 e. The quantitative estimate of drug-likeness (QED) is 0.690. The predicted octanol–water partition coefficient (Wildman–Crippen LogP) is 3.76. The number of pyridine rings is 2. The summed E-state index contributed by atoms with van der Waals surface area (Å²) in [6.45, 7) is 3.42. The SMILES string of the molecule is COCCOc1cc(N2CC3(CC3)c3cnc(NC(C)=O)cc32)cc(C(C)(F)F)n1. The molecule has 1 fully saturated rings. The molecule has 9 heteroatoms. The highest BCUT2D eigenvalue weighted by atomic mass is 19.3. The number of aromatic nitrogens is 2. The van der Waals surface area contributed by atoms with E-state index in [4.69, 9.17) is 9.47 Å². The standard InChI is InChI=1S/C21H24F2N4O3/c1-13(28)25-18-10-16-15(11-24-18)21(4-5-21)12-27(16)14-8-17(20(2,22)23)26-19(9-14)30-7-6-29-3/h8-11H,4-7,12H2,1-3H3,(H,24,25,28). The van der Waals surface area contributed by atoms with Crippen LogP contribution in [0.5, 0.6) is 5.88 Å². The summed E-state index contributed by atoms with van der Waals surface area (Å²) in [4.78, 5) is 21.8. The third-order valence-corrected chi connectivity index (χ3v) is 5.45. The Bertz CT molecular complexity index is 973. The number of hydrogen-bond acceptors (Lipinski definition) is 6. The third-order valence-electron chi connectivity index (χ3n) is 5.45. The molecule has 0 aromatic carbocycles. The van der Waals surface area contributed by atoms with Crippen LogP contribution in [0.1, 0.15) is 37.9 Å². The van der Waals surface area contributed by atoms with Gasteiger partial charge < -0.3 is 19.7 Å². The van der Waals surface area contributed by atoms with Crippen LogP contribution >= 0.6 is 0 Å². The molecule has 1 saturated carbocycles. The summed E-state index contributed by atoms with van der Waals surface area (Å²) < 4.78 is 38.8. The number of nitrogens with one attached hydrogen (secondary N) is 1. The number of fused-ring (bicyclic) bond motifs is 2.